The Balaban J connectivity index is 2.03. The normalized spacial score (nSPS) is 14.3. The summed E-state index contributed by atoms with van der Waals surface area (Å²) in [5.41, 5.74) is 2.91. The van der Waals surface area contributed by atoms with Gasteiger partial charge in [-0.05, 0) is 6.92 Å². The van der Waals surface area contributed by atoms with E-state index < -0.39 is 6.10 Å². The zero-order valence-corrected chi connectivity index (χ0v) is 13.8. The first-order chi connectivity index (χ1) is 10.2. The van der Waals surface area contributed by atoms with E-state index in [1.165, 1.54) is 4.88 Å². The maximum atomic E-state index is 9.81. The first kappa shape index (κ1) is 18.5. The van der Waals surface area contributed by atoms with Gasteiger partial charge in [-0.3, -0.25) is 0 Å². The number of aromatic nitrogens is 1. The van der Waals surface area contributed by atoms with Crippen LogP contribution in [0.4, 0.5) is 0 Å². The first-order valence-corrected chi connectivity index (χ1v) is 7.92. The molecule has 2 unspecified atom stereocenters. The third-order valence-corrected chi connectivity index (χ3v) is 4.06. The molecule has 6 nitrogen and oxygen atoms in total. The van der Waals surface area contributed by atoms with Crippen molar-refractivity contribution in [2.24, 2.45) is 0 Å². The SMILES string of the molecule is COCC(CNCC(O)COCCc1scnc1C)OC. The molecule has 0 aliphatic carbocycles. The van der Waals surface area contributed by atoms with Gasteiger partial charge >= 0.3 is 0 Å². The number of aliphatic hydroxyl groups is 1. The summed E-state index contributed by atoms with van der Waals surface area (Å²) in [6.45, 7) is 4.57. The lowest BCUT2D eigenvalue weighted by Gasteiger charge is -2.17. The predicted molar refractivity (Wildman–Crippen MR) is 82.9 cm³/mol. The number of aryl methyl sites for hydroxylation is 1. The van der Waals surface area contributed by atoms with Crippen LogP contribution in [0.3, 0.4) is 0 Å². The lowest BCUT2D eigenvalue weighted by atomic mass is 10.3. The molecule has 0 aliphatic rings. The number of methoxy groups -OCH3 is 2. The average Bonchev–Trinajstić information content (AvgIpc) is 2.88. The van der Waals surface area contributed by atoms with Crippen LogP contribution in [0.15, 0.2) is 5.51 Å². The molecule has 1 heterocycles. The molecule has 7 heteroatoms. The van der Waals surface area contributed by atoms with Crippen molar-refractivity contribution < 1.29 is 19.3 Å². The third kappa shape index (κ3) is 7.85. The molecular weight excluding hydrogens is 292 g/mol. The summed E-state index contributed by atoms with van der Waals surface area (Å²) < 4.78 is 15.7. The van der Waals surface area contributed by atoms with E-state index in [2.05, 4.69) is 10.3 Å². The van der Waals surface area contributed by atoms with Crippen molar-refractivity contribution in [3.8, 4) is 0 Å². The van der Waals surface area contributed by atoms with Crippen LogP contribution < -0.4 is 5.32 Å². The highest BCUT2D eigenvalue weighted by atomic mass is 32.1. The van der Waals surface area contributed by atoms with Crippen LogP contribution in [0.2, 0.25) is 0 Å². The molecule has 1 aromatic heterocycles. The van der Waals surface area contributed by atoms with Crippen LogP contribution >= 0.6 is 11.3 Å². The van der Waals surface area contributed by atoms with Gasteiger partial charge in [0.1, 0.15) is 0 Å². The molecule has 0 radical (unpaired) electrons. The monoisotopic (exact) mass is 318 g/mol. The fourth-order valence-corrected chi connectivity index (χ4v) is 2.58. The highest BCUT2D eigenvalue weighted by Gasteiger charge is 2.09. The second kappa shape index (κ2) is 11.1. The Morgan fingerprint density at radius 1 is 1.33 bits per heavy atom. The maximum Gasteiger partial charge on any atom is 0.0928 e. The molecule has 21 heavy (non-hydrogen) atoms. The molecule has 0 bridgehead atoms. The number of hydrogen-bond donors (Lipinski definition) is 2. The van der Waals surface area contributed by atoms with Crippen LogP contribution in [0.1, 0.15) is 10.6 Å². The molecule has 0 fully saturated rings. The van der Waals surface area contributed by atoms with Crippen LogP contribution in [-0.4, -0.2) is 69.4 Å². The van der Waals surface area contributed by atoms with Crippen molar-refractivity contribution in [3.05, 3.63) is 16.1 Å². The highest BCUT2D eigenvalue weighted by Crippen LogP contribution is 2.12. The minimum absolute atomic E-state index is 0.00239. The molecule has 1 rings (SSSR count). The predicted octanol–water partition coefficient (Wildman–Crippen LogP) is 0.623. The van der Waals surface area contributed by atoms with Gasteiger partial charge in [0.2, 0.25) is 0 Å². The van der Waals surface area contributed by atoms with Crippen LogP contribution in [-0.2, 0) is 20.6 Å². The van der Waals surface area contributed by atoms with Gasteiger partial charge in [0.05, 0.1) is 43.2 Å². The molecule has 0 amide bonds. The van der Waals surface area contributed by atoms with Crippen LogP contribution in [0.25, 0.3) is 0 Å². The van der Waals surface area contributed by atoms with E-state index in [1.807, 2.05) is 12.4 Å². The Hall–Kier alpha value is -0.570. The fraction of sp³-hybridized carbons (Fsp3) is 0.786. The Morgan fingerprint density at radius 2 is 2.14 bits per heavy atom. The summed E-state index contributed by atoms with van der Waals surface area (Å²) in [7, 11) is 3.28. The molecule has 0 saturated heterocycles. The van der Waals surface area contributed by atoms with Crippen molar-refractivity contribution in [3.63, 3.8) is 0 Å². The molecule has 1 aromatic rings. The summed E-state index contributed by atoms with van der Waals surface area (Å²) in [6.07, 6.45) is 0.320. The summed E-state index contributed by atoms with van der Waals surface area (Å²) >= 11 is 1.64. The van der Waals surface area contributed by atoms with Gasteiger partial charge in [0.25, 0.3) is 0 Å². The number of rotatable bonds is 12. The van der Waals surface area contributed by atoms with Gasteiger partial charge < -0.3 is 24.6 Å². The van der Waals surface area contributed by atoms with Crippen molar-refractivity contribution in [2.75, 3.05) is 47.1 Å². The number of thiazole rings is 1. The standard InChI is InChI=1S/C14H26N2O4S/c1-11-14(21-10-16-11)4-5-20-8-12(17)6-15-7-13(19-3)9-18-2/h10,12-13,15,17H,4-9H2,1-3H3. The smallest absolute Gasteiger partial charge is 0.0928 e. The maximum absolute atomic E-state index is 9.81. The molecule has 0 spiro atoms. The van der Waals surface area contributed by atoms with Gasteiger partial charge in [-0.15, -0.1) is 11.3 Å². The number of aliphatic hydroxyl groups excluding tert-OH is 1. The summed E-state index contributed by atoms with van der Waals surface area (Å²) in [5.74, 6) is 0. The van der Waals surface area contributed by atoms with Gasteiger partial charge in [-0.1, -0.05) is 0 Å². The van der Waals surface area contributed by atoms with Gasteiger partial charge in [-0.2, -0.15) is 0 Å². The zero-order chi connectivity index (χ0) is 15.5. The van der Waals surface area contributed by atoms with E-state index in [1.54, 1.807) is 25.6 Å². The van der Waals surface area contributed by atoms with Gasteiger partial charge in [0.15, 0.2) is 0 Å². The van der Waals surface area contributed by atoms with E-state index in [9.17, 15) is 5.11 Å². The molecule has 0 aromatic carbocycles. The molecule has 122 valence electrons. The van der Waals surface area contributed by atoms with E-state index in [0.717, 1.165) is 12.1 Å². The Morgan fingerprint density at radius 3 is 2.76 bits per heavy atom. The lowest BCUT2D eigenvalue weighted by Crippen LogP contribution is -2.37. The lowest BCUT2D eigenvalue weighted by molar-refractivity contribution is 0.0186. The largest absolute Gasteiger partial charge is 0.389 e. The Kier molecular flexibility index (Phi) is 9.73. The van der Waals surface area contributed by atoms with Crippen LogP contribution in [0.5, 0.6) is 0 Å². The molecular formula is C14H26N2O4S. The zero-order valence-electron chi connectivity index (χ0n) is 13.0. The first-order valence-electron chi connectivity index (χ1n) is 7.04. The second-order valence-electron chi connectivity index (χ2n) is 4.81. The highest BCUT2D eigenvalue weighted by molar-refractivity contribution is 7.09. The summed E-state index contributed by atoms with van der Waals surface area (Å²) in [6, 6.07) is 0. The molecule has 0 saturated carbocycles. The number of nitrogens with zero attached hydrogens (tertiary/aromatic N) is 1. The minimum Gasteiger partial charge on any atom is -0.389 e. The fourth-order valence-electron chi connectivity index (χ4n) is 1.82. The topological polar surface area (TPSA) is 72.8 Å². The van der Waals surface area contributed by atoms with E-state index in [-0.39, 0.29) is 6.10 Å². The Bertz CT molecular complexity index is 376. The van der Waals surface area contributed by atoms with Gasteiger partial charge in [0, 0.05) is 38.6 Å². The summed E-state index contributed by atoms with van der Waals surface area (Å²) in [5, 5.41) is 12.9. The van der Waals surface area contributed by atoms with E-state index >= 15 is 0 Å². The van der Waals surface area contributed by atoms with Crippen molar-refractivity contribution in [2.45, 2.75) is 25.6 Å². The van der Waals surface area contributed by atoms with Crippen molar-refractivity contribution in [1.82, 2.24) is 10.3 Å². The minimum atomic E-state index is -0.521. The molecule has 2 atom stereocenters. The van der Waals surface area contributed by atoms with E-state index in [4.69, 9.17) is 14.2 Å². The third-order valence-electron chi connectivity index (χ3n) is 3.07. The second-order valence-corrected chi connectivity index (χ2v) is 5.75. The molecule has 2 N–H and O–H groups in total. The summed E-state index contributed by atoms with van der Waals surface area (Å²) in [4.78, 5) is 5.43. The van der Waals surface area contributed by atoms with Crippen LogP contribution in [0, 0.1) is 6.92 Å². The average molecular weight is 318 g/mol. The van der Waals surface area contributed by atoms with Crippen molar-refractivity contribution in [1.29, 1.82) is 0 Å². The number of ether oxygens (including phenoxy) is 3. The quantitative estimate of drug-likeness (QED) is 0.551. The number of hydrogen-bond acceptors (Lipinski definition) is 7. The van der Waals surface area contributed by atoms with E-state index in [0.29, 0.717) is 32.9 Å². The number of nitrogens with one attached hydrogen (secondary N) is 1. The Labute approximate surface area is 130 Å². The van der Waals surface area contributed by atoms with Crippen molar-refractivity contribution >= 4 is 11.3 Å². The molecule has 0 aliphatic heterocycles. The van der Waals surface area contributed by atoms with Gasteiger partial charge in [-0.25, -0.2) is 4.98 Å².